The molecule has 0 saturated carbocycles. The van der Waals surface area contributed by atoms with Gasteiger partial charge in [0.05, 0.1) is 22.7 Å². The summed E-state index contributed by atoms with van der Waals surface area (Å²) in [6, 6.07) is 120. The van der Waals surface area contributed by atoms with Gasteiger partial charge < -0.3 is 9.80 Å². The maximum absolute atomic E-state index is 18.9. The largest absolute Gasteiger partial charge is 0.307 e. The fourth-order valence-electron chi connectivity index (χ4n) is 13.5. The Bertz CT molecular complexity index is 4940. The number of benzene rings is 16. The van der Waals surface area contributed by atoms with Crippen molar-refractivity contribution in [3.8, 4) is 89.0 Å². The Morgan fingerprint density at radius 3 is 0.728 bits per heavy atom. The number of anilines is 6. The second kappa shape index (κ2) is 23.8. The fourth-order valence-corrected chi connectivity index (χ4v) is 13.5. The Morgan fingerprint density at radius 1 is 0.185 bits per heavy atom. The second-order valence-electron chi connectivity index (χ2n) is 23.3. The van der Waals surface area contributed by atoms with E-state index in [1.165, 1.54) is 0 Å². The summed E-state index contributed by atoms with van der Waals surface area (Å²) in [4.78, 5) is 4.14. The van der Waals surface area contributed by atoms with Gasteiger partial charge in [0.2, 0.25) is 0 Å². The molecule has 0 atom stereocenters. The average Bonchev–Trinajstić information content (AvgIpc) is 0.916. The number of nitrogens with zero attached hydrogens (tertiary/aromatic N) is 2. The lowest BCUT2D eigenvalue weighted by atomic mass is 9.90. The van der Waals surface area contributed by atoms with Gasteiger partial charge in [-0.3, -0.25) is 0 Å². The minimum Gasteiger partial charge on any atom is -0.307 e. The average molecular weight is 1180 g/mol. The number of para-hydroxylation sites is 2. The van der Waals surface area contributed by atoms with Crippen LogP contribution in [-0.4, -0.2) is 0 Å². The third-order valence-electron chi connectivity index (χ3n) is 18.0. The van der Waals surface area contributed by atoms with Crippen LogP contribution in [0.5, 0.6) is 0 Å². The standard InChI is InChI=1S/C88H58F2N2/c89-87-81(57-53-75(67-39-31-63(32-40-67)59-19-7-1-8-20-59)85(87)71-43-35-65(36-44-71)61-23-11-3-12-24-61)91(73-27-15-5-16-28-73)79-55-49-69-48-52-78-80(56-50-70-47-51-77(79)83(69)84(70)78)92(74-29-17-6-18-30-74)82-58-54-76(68-41-33-64(34-42-68)60-21-9-2-10-22-60)86(88(82)90)72-45-37-66(38-46-72)62-25-13-4-14-26-62/h1-58H. The predicted octanol–water partition coefficient (Wildman–Crippen LogP) is 25.1. The molecule has 0 saturated heterocycles. The zero-order valence-electron chi connectivity index (χ0n) is 50.1. The highest BCUT2D eigenvalue weighted by Crippen LogP contribution is 2.51. The van der Waals surface area contributed by atoms with Crippen molar-refractivity contribution in [1.29, 1.82) is 0 Å². The van der Waals surface area contributed by atoms with Crippen LogP contribution in [-0.2, 0) is 0 Å². The Kier molecular flexibility index (Phi) is 14.3. The van der Waals surface area contributed by atoms with Crippen LogP contribution in [0.4, 0.5) is 42.9 Å². The van der Waals surface area contributed by atoms with E-state index in [0.29, 0.717) is 22.5 Å². The molecule has 92 heavy (non-hydrogen) atoms. The van der Waals surface area contributed by atoms with Gasteiger partial charge in [-0.2, -0.15) is 0 Å². The van der Waals surface area contributed by atoms with Crippen LogP contribution in [0.1, 0.15) is 0 Å². The topological polar surface area (TPSA) is 6.48 Å². The lowest BCUT2D eigenvalue weighted by molar-refractivity contribution is 0.632. The normalized spacial score (nSPS) is 11.4. The monoisotopic (exact) mass is 1180 g/mol. The van der Waals surface area contributed by atoms with Gasteiger partial charge in [0.1, 0.15) is 0 Å². The van der Waals surface area contributed by atoms with E-state index in [2.05, 4.69) is 192 Å². The minimum atomic E-state index is -0.346. The van der Waals surface area contributed by atoms with E-state index < -0.39 is 0 Å². The Morgan fingerprint density at radius 2 is 0.424 bits per heavy atom. The summed E-state index contributed by atoms with van der Waals surface area (Å²) in [5.41, 5.74) is 18.7. The Labute approximate surface area is 534 Å². The SMILES string of the molecule is Fc1c(N(c2ccccc2)c2ccc3ccc4c(N(c5ccccc5)c5ccc(-c6ccc(-c7ccccc7)cc6)c(-c6ccc(-c7ccccc7)cc6)c5F)ccc5ccc2c3c54)ccc(-c2ccc(-c3ccccc3)cc2)c1-c1ccc(-c2ccccc2)cc1. The summed E-state index contributed by atoms with van der Waals surface area (Å²) in [5.74, 6) is -0.692. The number of halogens is 2. The summed E-state index contributed by atoms with van der Waals surface area (Å²) >= 11 is 0. The van der Waals surface area contributed by atoms with Crippen LogP contribution >= 0.6 is 0 Å². The van der Waals surface area contributed by atoms with E-state index in [9.17, 15) is 0 Å². The van der Waals surface area contributed by atoms with E-state index in [4.69, 9.17) is 0 Å². The van der Waals surface area contributed by atoms with Gasteiger partial charge in [0.15, 0.2) is 11.6 Å². The summed E-state index contributed by atoms with van der Waals surface area (Å²) < 4.78 is 37.9. The molecule has 2 nitrogen and oxygen atoms in total. The Balaban J connectivity index is 0.866. The molecule has 4 heteroatoms. The van der Waals surface area contributed by atoms with Gasteiger partial charge >= 0.3 is 0 Å². The van der Waals surface area contributed by atoms with Crippen molar-refractivity contribution in [2.45, 2.75) is 0 Å². The van der Waals surface area contributed by atoms with Gasteiger partial charge in [-0.25, -0.2) is 8.78 Å². The first kappa shape index (κ1) is 55.3. The third kappa shape index (κ3) is 10.1. The highest BCUT2D eigenvalue weighted by molar-refractivity contribution is 6.28. The lowest BCUT2D eigenvalue weighted by Crippen LogP contribution is -2.14. The van der Waals surface area contributed by atoms with Crippen LogP contribution < -0.4 is 9.80 Å². The molecule has 0 radical (unpaired) electrons. The molecule has 0 N–H and O–H groups in total. The van der Waals surface area contributed by atoms with Crippen molar-refractivity contribution < 1.29 is 8.78 Å². The van der Waals surface area contributed by atoms with E-state index in [-0.39, 0.29) is 11.6 Å². The number of hydrogen-bond acceptors (Lipinski definition) is 2. The molecule has 0 heterocycles. The molecule has 0 fully saturated rings. The van der Waals surface area contributed by atoms with Crippen LogP contribution in [0, 0.1) is 11.6 Å². The maximum Gasteiger partial charge on any atom is 0.155 e. The quantitative estimate of drug-likeness (QED) is 0.100. The summed E-state index contributed by atoms with van der Waals surface area (Å²) in [7, 11) is 0. The van der Waals surface area contributed by atoms with Crippen molar-refractivity contribution in [3.05, 3.63) is 363 Å². The third-order valence-corrected chi connectivity index (χ3v) is 18.0. The first-order valence-electron chi connectivity index (χ1n) is 31.2. The van der Waals surface area contributed by atoms with Crippen LogP contribution in [0.25, 0.3) is 121 Å². The van der Waals surface area contributed by atoms with E-state index in [1.807, 2.05) is 170 Å². The molecule has 16 aromatic rings. The smallest absolute Gasteiger partial charge is 0.155 e. The summed E-state index contributed by atoms with van der Waals surface area (Å²) in [6.45, 7) is 0. The minimum absolute atomic E-state index is 0.346. The van der Waals surface area contributed by atoms with Crippen molar-refractivity contribution in [2.24, 2.45) is 0 Å². The van der Waals surface area contributed by atoms with Gasteiger partial charge in [-0.1, -0.05) is 303 Å². The van der Waals surface area contributed by atoms with E-state index >= 15 is 8.78 Å². The zero-order chi connectivity index (χ0) is 61.5. The van der Waals surface area contributed by atoms with Crippen LogP contribution in [0.2, 0.25) is 0 Å². The van der Waals surface area contributed by atoms with E-state index in [1.54, 1.807) is 0 Å². The highest BCUT2D eigenvalue weighted by atomic mass is 19.1. The molecule has 0 unspecified atom stereocenters. The molecule has 16 rings (SSSR count). The molecule has 0 aliphatic rings. The molecule has 0 spiro atoms. The summed E-state index contributed by atoms with van der Waals surface area (Å²) in [5, 5.41) is 5.99. The fraction of sp³-hybridized carbons (Fsp3) is 0. The van der Waals surface area contributed by atoms with E-state index in [0.717, 1.165) is 133 Å². The predicted molar refractivity (Wildman–Crippen MR) is 383 cm³/mol. The molecule has 0 aromatic heterocycles. The van der Waals surface area contributed by atoms with Gasteiger partial charge in [-0.15, -0.1) is 0 Å². The second-order valence-corrected chi connectivity index (χ2v) is 23.3. The van der Waals surface area contributed by atoms with Crippen molar-refractivity contribution in [1.82, 2.24) is 0 Å². The first-order valence-corrected chi connectivity index (χ1v) is 31.2. The first-order chi connectivity index (χ1) is 45.5. The van der Waals surface area contributed by atoms with Gasteiger partial charge in [0, 0.05) is 33.3 Å². The zero-order valence-corrected chi connectivity index (χ0v) is 50.1. The van der Waals surface area contributed by atoms with Crippen molar-refractivity contribution in [3.63, 3.8) is 0 Å². The van der Waals surface area contributed by atoms with Crippen LogP contribution in [0.3, 0.4) is 0 Å². The molecule has 0 aliphatic heterocycles. The number of hydrogen-bond donors (Lipinski definition) is 0. The van der Waals surface area contributed by atoms with Gasteiger partial charge in [-0.05, 0) is 148 Å². The molecule has 0 bridgehead atoms. The van der Waals surface area contributed by atoms with Crippen LogP contribution in [0.15, 0.2) is 352 Å². The molecular formula is C88H58F2N2. The lowest BCUT2D eigenvalue weighted by Gasteiger charge is -2.30. The molecule has 434 valence electrons. The Hall–Kier alpha value is -12.0. The molecule has 16 aromatic carbocycles. The summed E-state index contributed by atoms with van der Waals surface area (Å²) in [6.07, 6.45) is 0. The molecule has 0 amide bonds. The van der Waals surface area contributed by atoms with Gasteiger partial charge in [0.25, 0.3) is 0 Å². The van der Waals surface area contributed by atoms with Crippen molar-refractivity contribution >= 4 is 66.4 Å². The molecular weight excluding hydrogens is 1120 g/mol. The van der Waals surface area contributed by atoms with Crippen molar-refractivity contribution in [2.75, 3.05) is 9.80 Å². The molecule has 0 aliphatic carbocycles. The highest BCUT2D eigenvalue weighted by Gasteiger charge is 2.28. The maximum atomic E-state index is 18.9. The number of rotatable bonds is 14.